The number of aromatic nitrogens is 1. The van der Waals surface area contributed by atoms with Gasteiger partial charge in [-0.25, -0.2) is 4.98 Å². The summed E-state index contributed by atoms with van der Waals surface area (Å²) in [6.45, 7) is 8.54. The molecule has 0 saturated carbocycles. The van der Waals surface area contributed by atoms with Crippen LogP contribution in [0.1, 0.15) is 29.3 Å². The molecule has 0 spiro atoms. The molecule has 0 amide bonds. The average Bonchev–Trinajstić information content (AvgIpc) is 2.82. The van der Waals surface area contributed by atoms with Crippen LogP contribution in [-0.2, 0) is 12.3 Å². The summed E-state index contributed by atoms with van der Waals surface area (Å²) >= 11 is 3.67. The molecule has 0 bridgehead atoms. The van der Waals surface area contributed by atoms with E-state index in [1.165, 1.54) is 15.3 Å². The molecular formula is C16H22N2S2. The van der Waals surface area contributed by atoms with Gasteiger partial charge in [0, 0.05) is 28.3 Å². The molecule has 1 N–H and O–H groups in total. The molecule has 0 atom stereocenters. The molecule has 1 aromatic carbocycles. The standard InChI is InChI=1S/C16H22N2S2/c1-12(2)8-17-9-14-5-4-6-15(7-14)19-11-16-10-18-13(3)20-16/h4-7,10,12,17H,8-9,11H2,1-3H3. The molecule has 2 aromatic rings. The molecule has 2 nitrogen and oxygen atoms in total. The lowest BCUT2D eigenvalue weighted by Crippen LogP contribution is -2.18. The minimum absolute atomic E-state index is 0.696. The van der Waals surface area contributed by atoms with Gasteiger partial charge in [0.05, 0.1) is 5.01 Å². The van der Waals surface area contributed by atoms with Crippen LogP contribution in [0.25, 0.3) is 0 Å². The lowest BCUT2D eigenvalue weighted by atomic mass is 10.2. The molecule has 0 unspecified atom stereocenters. The highest BCUT2D eigenvalue weighted by Gasteiger charge is 2.01. The van der Waals surface area contributed by atoms with Crippen LogP contribution in [0.4, 0.5) is 0 Å². The van der Waals surface area contributed by atoms with Crippen LogP contribution in [0.3, 0.4) is 0 Å². The first-order valence-corrected chi connectivity index (χ1v) is 8.77. The van der Waals surface area contributed by atoms with E-state index in [2.05, 4.69) is 55.3 Å². The number of thioether (sulfide) groups is 1. The number of hydrogen-bond donors (Lipinski definition) is 1. The predicted molar refractivity (Wildman–Crippen MR) is 89.4 cm³/mol. The summed E-state index contributed by atoms with van der Waals surface area (Å²) in [7, 11) is 0. The van der Waals surface area contributed by atoms with Crippen molar-refractivity contribution in [2.75, 3.05) is 6.54 Å². The molecule has 0 aliphatic rings. The zero-order valence-electron chi connectivity index (χ0n) is 12.3. The number of rotatable bonds is 7. The fraction of sp³-hybridized carbons (Fsp3) is 0.438. The highest BCUT2D eigenvalue weighted by atomic mass is 32.2. The maximum atomic E-state index is 4.30. The first-order chi connectivity index (χ1) is 9.63. The Morgan fingerprint density at radius 2 is 2.20 bits per heavy atom. The van der Waals surface area contributed by atoms with Gasteiger partial charge in [0.2, 0.25) is 0 Å². The SMILES string of the molecule is Cc1ncc(CSc2cccc(CNCC(C)C)c2)s1. The van der Waals surface area contributed by atoms with Crippen LogP contribution < -0.4 is 5.32 Å². The van der Waals surface area contributed by atoms with E-state index in [-0.39, 0.29) is 0 Å². The average molecular weight is 306 g/mol. The van der Waals surface area contributed by atoms with Gasteiger partial charge < -0.3 is 5.32 Å². The molecule has 108 valence electrons. The fourth-order valence-electron chi connectivity index (χ4n) is 1.88. The molecule has 20 heavy (non-hydrogen) atoms. The van der Waals surface area contributed by atoms with Crippen molar-refractivity contribution in [2.24, 2.45) is 5.92 Å². The van der Waals surface area contributed by atoms with Crippen LogP contribution in [0.15, 0.2) is 35.4 Å². The van der Waals surface area contributed by atoms with Gasteiger partial charge in [-0.1, -0.05) is 26.0 Å². The van der Waals surface area contributed by atoms with Crippen molar-refractivity contribution in [1.82, 2.24) is 10.3 Å². The molecule has 0 aliphatic heterocycles. The normalized spacial score (nSPS) is 11.2. The third kappa shape index (κ3) is 5.27. The molecule has 1 aromatic heterocycles. The second-order valence-electron chi connectivity index (χ2n) is 5.31. The van der Waals surface area contributed by atoms with Crippen molar-refractivity contribution in [3.05, 3.63) is 45.9 Å². The number of benzene rings is 1. The zero-order valence-corrected chi connectivity index (χ0v) is 14.0. The van der Waals surface area contributed by atoms with Crippen LogP contribution >= 0.6 is 23.1 Å². The number of hydrogen-bond acceptors (Lipinski definition) is 4. The monoisotopic (exact) mass is 306 g/mol. The van der Waals surface area contributed by atoms with Crippen LogP contribution in [0.2, 0.25) is 0 Å². The summed E-state index contributed by atoms with van der Waals surface area (Å²) in [5.74, 6) is 1.70. The third-order valence-corrected chi connectivity index (χ3v) is 4.97. The van der Waals surface area contributed by atoms with Gasteiger partial charge in [0.15, 0.2) is 0 Å². The van der Waals surface area contributed by atoms with Gasteiger partial charge in [0.1, 0.15) is 0 Å². The number of thiazole rings is 1. The second-order valence-corrected chi connectivity index (χ2v) is 7.67. The zero-order chi connectivity index (χ0) is 14.4. The molecule has 0 fully saturated rings. The van der Waals surface area contributed by atoms with E-state index < -0.39 is 0 Å². The molecule has 4 heteroatoms. The van der Waals surface area contributed by atoms with E-state index in [4.69, 9.17) is 0 Å². The van der Waals surface area contributed by atoms with Gasteiger partial charge in [0.25, 0.3) is 0 Å². The summed E-state index contributed by atoms with van der Waals surface area (Å²) in [5, 5.41) is 4.63. The molecule has 2 rings (SSSR count). The van der Waals surface area contributed by atoms with Crippen LogP contribution in [0.5, 0.6) is 0 Å². The Bertz CT molecular complexity index is 535. The molecule has 0 saturated heterocycles. The number of nitrogens with one attached hydrogen (secondary N) is 1. The van der Waals surface area contributed by atoms with Crippen molar-refractivity contribution >= 4 is 23.1 Å². The van der Waals surface area contributed by atoms with Crippen LogP contribution in [-0.4, -0.2) is 11.5 Å². The topological polar surface area (TPSA) is 24.9 Å². The van der Waals surface area contributed by atoms with Crippen molar-refractivity contribution < 1.29 is 0 Å². The Morgan fingerprint density at radius 1 is 1.35 bits per heavy atom. The molecule has 0 aliphatic carbocycles. The summed E-state index contributed by atoms with van der Waals surface area (Å²) < 4.78 is 0. The maximum absolute atomic E-state index is 4.30. The van der Waals surface area contributed by atoms with Crippen molar-refractivity contribution in [3.8, 4) is 0 Å². The minimum atomic E-state index is 0.696. The Morgan fingerprint density at radius 3 is 2.90 bits per heavy atom. The third-order valence-electron chi connectivity index (χ3n) is 2.83. The van der Waals surface area contributed by atoms with Gasteiger partial charge in [-0.15, -0.1) is 23.1 Å². The fourth-order valence-corrected chi connectivity index (χ4v) is 3.67. The van der Waals surface area contributed by atoms with Gasteiger partial charge >= 0.3 is 0 Å². The van der Waals surface area contributed by atoms with Gasteiger partial charge in [-0.05, 0) is 37.1 Å². The number of nitrogens with zero attached hydrogens (tertiary/aromatic N) is 1. The Balaban J connectivity index is 1.85. The Labute approximate surface area is 130 Å². The lowest BCUT2D eigenvalue weighted by Gasteiger charge is -2.08. The first kappa shape index (κ1) is 15.5. The smallest absolute Gasteiger partial charge is 0.0897 e. The summed E-state index contributed by atoms with van der Waals surface area (Å²) in [6, 6.07) is 8.80. The van der Waals surface area contributed by atoms with E-state index in [0.29, 0.717) is 5.92 Å². The largest absolute Gasteiger partial charge is 0.312 e. The molecular weight excluding hydrogens is 284 g/mol. The highest BCUT2D eigenvalue weighted by molar-refractivity contribution is 7.98. The summed E-state index contributed by atoms with van der Waals surface area (Å²) in [5.41, 5.74) is 1.36. The predicted octanol–water partition coefficient (Wildman–Crippen LogP) is 4.49. The van der Waals surface area contributed by atoms with E-state index in [9.17, 15) is 0 Å². The van der Waals surface area contributed by atoms with Crippen molar-refractivity contribution in [1.29, 1.82) is 0 Å². The maximum Gasteiger partial charge on any atom is 0.0897 e. The molecule has 1 heterocycles. The van der Waals surface area contributed by atoms with Crippen LogP contribution in [0, 0.1) is 12.8 Å². The minimum Gasteiger partial charge on any atom is -0.312 e. The van der Waals surface area contributed by atoms with Gasteiger partial charge in [-0.3, -0.25) is 0 Å². The first-order valence-electron chi connectivity index (χ1n) is 6.97. The second kappa shape index (κ2) is 7.81. The Hall–Kier alpha value is -0.840. The van der Waals surface area contributed by atoms with E-state index in [1.807, 2.05) is 18.0 Å². The van der Waals surface area contributed by atoms with Crippen molar-refractivity contribution in [2.45, 2.75) is 38.0 Å². The quantitative estimate of drug-likeness (QED) is 0.763. The van der Waals surface area contributed by atoms with Crippen molar-refractivity contribution in [3.63, 3.8) is 0 Å². The highest BCUT2D eigenvalue weighted by Crippen LogP contribution is 2.26. The molecule has 0 radical (unpaired) electrons. The number of aryl methyl sites for hydroxylation is 1. The van der Waals surface area contributed by atoms with Gasteiger partial charge in [-0.2, -0.15) is 0 Å². The van der Waals surface area contributed by atoms with E-state index >= 15 is 0 Å². The van der Waals surface area contributed by atoms with E-state index in [0.717, 1.165) is 23.8 Å². The lowest BCUT2D eigenvalue weighted by molar-refractivity contribution is 0.552. The van der Waals surface area contributed by atoms with E-state index in [1.54, 1.807) is 11.3 Å². The summed E-state index contributed by atoms with van der Waals surface area (Å²) in [6.07, 6.45) is 1.99. The Kier molecular flexibility index (Phi) is 6.07. The summed E-state index contributed by atoms with van der Waals surface area (Å²) in [4.78, 5) is 6.98.